The van der Waals surface area contributed by atoms with Crippen molar-refractivity contribution in [1.29, 1.82) is 0 Å². The largest absolute Gasteiger partial charge is 0.507 e. The molecular formula is C16H26N2O2. The summed E-state index contributed by atoms with van der Waals surface area (Å²) in [6.07, 6.45) is 1.27. The van der Waals surface area contributed by atoms with Crippen LogP contribution in [0.15, 0.2) is 18.2 Å². The minimum Gasteiger partial charge on any atom is -0.507 e. The average molecular weight is 278 g/mol. The minimum absolute atomic E-state index is 0.201. The summed E-state index contributed by atoms with van der Waals surface area (Å²) < 4.78 is 5.13. The third kappa shape index (κ3) is 3.44. The predicted molar refractivity (Wildman–Crippen MR) is 81.3 cm³/mol. The van der Waals surface area contributed by atoms with E-state index in [9.17, 15) is 5.11 Å². The molecule has 1 aromatic carbocycles. The lowest BCUT2D eigenvalue weighted by molar-refractivity contribution is 0.216. The Balaban J connectivity index is 2.00. The van der Waals surface area contributed by atoms with Crippen molar-refractivity contribution in [2.45, 2.75) is 19.4 Å². The first kappa shape index (κ1) is 15.1. The van der Waals surface area contributed by atoms with Gasteiger partial charge in [0.1, 0.15) is 11.5 Å². The first-order valence-electron chi connectivity index (χ1n) is 7.27. The highest BCUT2D eigenvalue weighted by atomic mass is 16.5. The summed E-state index contributed by atoms with van der Waals surface area (Å²) in [6, 6.07) is 5.74. The Kier molecular flexibility index (Phi) is 4.89. The number of nitrogens with zero attached hydrogens (tertiary/aromatic N) is 2. The zero-order valence-corrected chi connectivity index (χ0v) is 13.0. The average Bonchev–Trinajstić information content (AvgIpc) is 2.83. The Bertz CT molecular complexity index is 450. The number of hydrogen-bond donors (Lipinski definition) is 1. The Morgan fingerprint density at radius 3 is 2.80 bits per heavy atom. The first-order valence-corrected chi connectivity index (χ1v) is 7.27. The standard InChI is InChI=1S/C16H26N2O2/c1-12(15-6-5-14(20-4)9-16(15)19)18(3)11-13-7-8-17(2)10-13/h5-6,9,12-13,19H,7-8,10-11H2,1-4H3. The first-order chi connectivity index (χ1) is 9.51. The molecule has 0 bridgehead atoms. The number of aromatic hydroxyl groups is 1. The molecule has 0 spiro atoms. The molecule has 1 aliphatic rings. The van der Waals surface area contributed by atoms with E-state index in [4.69, 9.17) is 4.74 Å². The van der Waals surface area contributed by atoms with Gasteiger partial charge in [-0.05, 0) is 46.0 Å². The second kappa shape index (κ2) is 6.46. The summed E-state index contributed by atoms with van der Waals surface area (Å²) in [6.45, 7) is 5.57. The molecular weight excluding hydrogens is 252 g/mol. The van der Waals surface area contributed by atoms with Gasteiger partial charge in [-0.25, -0.2) is 0 Å². The third-order valence-electron chi connectivity index (χ3n) is 4.38. The number of benzene rings is 1. The molecule has 0 aromatic heterocycles. The molecule has 20 heavy (non-hydrogen) atoms. The van der Waals surface area contributed by atoms with Crippen molar-refractivity contribution >= 4 is 0 Å². The smallest absolute Gasteiger partial charge is 0.124 e. The molecule has 1 aliphatic heterocycles. The van der Waals surface area contributed by atoms with Crippen molar-refractivity contribution in [3.05, 3.63) is 23.8 Å². The third-order valence-corrected chi connectivity index (χ3v) is 4.38. The van der Waals surface area contributed by atoms with Gasteiger partial charge in [0, 0.05) is 30.8 Å². The maximum Gasteiger partial charge on any atom is 0.124 e. The molecule has 2 rings (SSSR count). The van der Waals surface area contributed by atoms with Crippen LogP contribution in [-0.2, 0) is 0 Å². The number of methoxy groups -OCH3 is 1. The highest BCUT2D eigenvalue weighted by Gasteiger charge is 2.23. The molecule has 0 saturated carbocycles. The van der Waals surface area contributed by atoms with Gasteiger partial charge < -0.3 is 14.7 Å². The van der Waals surface area contributed by atoms with Crippen LogP contribution in [0.1, 0.15) is 24.9 Å². The lowest BCUT2D eigenvalue weighted by atomic mass is 10.0. The summed E-state index contributed by atoms with van der Waals surface area (Å²) in [7, 11) is 5.92. The molecule has 112 valence electrons. The Labute approximate surface area is 122 Å². The van der Waals surface area contributed by atoms with Crippen molar-refractivity contribution in [1.82, 2.24) is 9.80 Å². The van der Waals surface area contributed by atoms with E-state index in [1.807, 2.05) is 12.1 Å². The summed E-state index contributed by atoms with van der Waals surface area (Å²) >= 11 is 0. The fourth-order valence-electron chi connectivity index (χ4n) is 2.98. The topological polar surface area (TPSA) is 35.9 Å². The van der Waals surface area contributed by atoms with E-state index in [0.717, 1.165) is 18.0 Å². The van der Waals surface area contributed by atoms with Crippen LogP contribution in [-0.4, -0.2) is 55.7 Å². The molecule has 0 amide bonds. The lowest BCUT2D eigenvalue weighted by Crippen LogP contribution is -2.29. The number of phenols is 1. The molecule has 1 fully saturated rings. The Morgan fingerprint density at radius 1 is 1.50 bits per heavy atom. The summed E-state index contributed by atoms with van der Waals surface area (Å²) in [4.78, 5) is 4.71. The second-order valence-electron chi connectivity index (χ2n) is 5.96. The van der Waals surface area contributed by atoms with E-state index in [1.54, 1.807) is 13.2 Å². The molecule has 1 aromatic rings. The van der Waals surface area contributed by atoms with Crippen LogP contribution >= 0.6 is 0 Å². The fourth-order valence-corrected chi connectivity index (χ4v) is 2.98. The van der Waals surface area contributed by atoms with Crippen molar-refractivity contribution in [3.8, 4) is 11.5 Å². The molecule has 4 nitrogen and oxygen atoms in total. The molecule has 1 N–H and O–H groups in total. The van der Waals surface area contributed by atoms with Gasteiger partial charge in [0.15, 0.2) is 0 Å². The van der Waals surface area contributed by atoms with Crippen molar-refractivity contribution in [3.63, 3.8) is 0 Å². The van der Waals surface area contributed by atoms with Crippen LogP contribution in [0.2, 0.25) is 0 Å². The van der Waals surface area contributed by atoms with E-state index >= 15 is 0 Å². The second-order valence-corrected chi connectivity index (χ2v) is 5.96. The molecule has 2 unspecified atom stereocenters. The highest BCUT2D eigenvalue weighted by molar-refractivity contribution is 5.41. The summed E-state index contributed by atoms with van der Waals surface area (Å²) in [5, 5.41) is 10.1. The summed E-state index contributed by atoms with van der Waals surface area (Å²) in [5.74, 6) is 1.73. The van der Waals surface area contributed by atoms with Crippen LogP contribution in [0, 0.1) is 5.92 Å². The zero-order valence-electron chi connectivity index (χ0n) is 13.0. The van der Waals surface area contributed by atoms with Crippen LogP contribution in [0.4, 0.5) is 0 Å². The lowest BCUT2D eigenvalue weighted by Gasteiger charge is -2.28. The predicted octanol–water partition coefficient (Wildman–Crippen LogP) is 2.35. The van der Waals surface area contributed by atoms with Gasteiger partial charge in [-0.1, -0.05) is 6.07 Å². The van der Waals surface area contributed by atoms with Crippen molar-refractivity contribution in [2.75, 3.05) is 40.8 Å². The number of likely N-dealkylation sites (tertiary alicyclic amines) is 1. The zero-order chi connectivity index (χ0) is 14.7. The van der Waals surface area contributed by atoms with E-state index in [1.165, 1.54) is 19.5 Å². The van der Waals surface area contributed by atoms with Gasteiger partial charge in [0.25, 0.3) is 0 Å². The maximum atomic E-state index is 10.1. The Hall–Kier alpha value is -1.26. The number of rotatable bonds is 5. The Morgan fingerprint density at radius 2 is 2.25 bits per heavy atom. The monoisotopic (exact) mass is 278 g/mol. The SMILES string of the molecule is COc1ccc(C(C)N(C)CC2CCN(C)C2)c(O)c1. The van der Waals surface area contributed by atoms with Crippen molar-refractivity contribution < 1.29 is 9.84 Å². The molecule has 0 radical (unpaired) electrons. The van der Waals surface area contributed by atoms with Gasteiger partial charge in [-0.2, -0.15) is 0 Å². The maximum absolute atomic E-state index is 10.1. The number of ether oxygens (including phenoxy) is 1. The van der Waals surface area contributed by atoms with Crippen molar-refractivity contribution in [2.24, 2.45) is 5.92 Å². The molecule has 0 aliphatic carbocycles. The number of phenolic OH excluding ortho intramolecular Hbond substituents is 1. The minimum atomic E-state index is 0.201. The molecule has 4 heteroatoms. The van der Waals surface area contributed by atoms with Gasteiger partial charge in [-0.15, -0.1) is 0 Å². The highest BCUT2D eigenvalue weighted by Crippen LogP contribution is 2.31. The van der Waals surface area contributed by atoms with Crippen LogP contribution < -0.4 is 4.74 Å². The van der Waals surface area contributed by atoms with Crippen LogP contribution in [0.25, 0.3) is 0 Å². The van der Waals surface area contributed by atoms with Crippen LogP contribution in [0.3, 0.4) is 0 Å². The molecule has 1 heterocycles. The fraction of sp³-hybridized carbons (Fsp3) is 0.625. The van der Waals surface area contributed by atoms with E-state index in [-0.39, 0.29) is 6.04 Å². The summed E-state index contributed by atoms with van der Waals surface area (Å²) in [5.41, 5.74) is 0.958. The van der Waals surface area contributed by atoms with E-state index in [2.05, 4.69) is 30.8 Å². The molecule has 1 saturated heterocycles. The van der Waals surface area contributed by atoms with Gasteiger partial charge >= 0.3 is 0 Å². The normalized spacial score (nSPS) is 21.4. The van der Waals surface area contributed by atoms with E-state index < -0.39 is 0 Å². The van der Waals surface area contributed by atoms with Gasteiger partial charge in [0.2, 0.25) is 0 Å². The quantitative estimate of drug-likeness (QED) is 0.897. The van der Waals surface area contributed by atoms with E-state index in [0.29, 0.717) is 11.5 Å². The van der Waals surface area contributed by atoms with Gasteiger partial charge in [-0.3, -0.25) is 4.90 Å². The molecule has 2 atom stereocenters. The van der Waals surface area contributed by atoms with Crippen LogP contribution in [0.5, 0.6) is 11.5 Å². The van der Waals surface area contributed by atoms with Gasteiger partial charge in [0.05, 0.1) is 7.11 Å². The number of hydrogen-bond acceptors (Lipinski definition) is 4.